The highest BCUT2D eigenvalue weighted by Gasteiger charge is 2.37. The van der Waals surface area contributed by atoms with Gasteiger partial charge in [0.15, 0.2) is 0 Å². The van der Waals surface area contributed by atoms with E-state index in [2.05, 4.69) is 79.0 Å². The molecule has 202 valence electrons. The van der Waals surface area contributed by atoms with E-state index in [1.165, 1.54) is 28.4 Å². The quantitative estimate of drug-likeness (QED) is 0.173. The van der Waals surface area contributed by atoms with E-state index in [0.29, 0.717) is 23.1 Å². The maximum absolute atomic E-state index is 14.2. The molecule has 3 atom stereocenters. The van der Waals surface area contributed by atoms with Crippen molar-refractivity contribution in [3.63, 3.8) is 0 Å². The summed E-state index contributed by atoms with van der Waals surface area (Å²) in [6.45, 7) is 2.31. The number of rotatable bonds is 6. The summed E-state index contributed by atoms with van der Waals surface area (Å²) >= 11 is 0. The molecule has 1 heterocycles. The first-order chi connectivity index (χ1) is 20.1. The summed E-state index contributed by atoms with van der Waals surface area (Å²) in [6, 6.07) is 34.4. The van der Waals surface area contributed by atoms with E-state index in [1.807, 2.05) is 36.5 Å². The summed E-state index contributed by atoms with van der Waals surface area (Å²) in [5, 5.41) is 5.97. The predicted molar refractivity (Wildman–Crippen MR) is 166 cm³/mol. The molecule has 3 nitrogen and oxygen atoms in total. The van der Waals surface area contributed by atoms with Crippen molar-refractivity contribution >= 4 is 28.4 Å². The maximum Gasteiger partial charge on any atom is 0.129 e. The van der Waals surface area contributed by atoms with Crippen molar-refractivity contribution in [2.45, 2.75) is 31.9 Å². The molecule has 1 N–H and O–H groups in total. The highest BCUT2D eigenvalue weighted by atomic mass is 19.1. The topological polar surface area (TPSA) is 33.6 Å². The second-order valence-electron chi connectivity index (χ2n) is 11.0. The zero-order chi connectivity index (χ0) is 27.8. The maximum atomic E-state index is 14.2. The molecule has 0 radical (unpaired) electrons. The summed E-state index contributed by atoms with van der Waals surface area (Å²) in [5.41, 5.74) is 7.48. The first-order valence-electron chi connectivity index (χ1n) is 14.2. The van der Waals surface area contributed by atoms with Gasteiger partial charge in [0.05, 0.1) is 11.7 Å². The SMILES string of the molecule is Cc1ccc2c(c1)[C@@H]1C=CC[C@H]1[C@@H](c1ccc(N=Cc3c(OCc4ccccc4F)ccc4ccccc34)cc1)N2. The summed E-state index contributed by atoms with van der Waals surface area (Å²) in [7, 11) is 0. The van der Waals surface area contributed by atoms with Gasteiger partial charge in [-0.2, -0.15) is 0 Å². The van der Waals surface area contributed by atoms with Gasteiger partial charge in [-0.05, 0) is 71.5 Å². The minimum Gasteiger partial charge on any atom is -0.488 e. The molecule has 5 aromatic carbocycles. The third-order valence-electron chi connectivity index (χ3n) is 8.38. The lowest BCUT2D eigenvalue weighted by atomic mass is 9.76. The van der Waals surface area contributed by atoms with Crippen molar-refractivity contribution < 1.29 is 9.13 Å². The van der Waals surface area contributed by atoms with Crippen molar-refractivity contribution in [2.24, 2.45) is 10.9 Å². The lowest BCUT2D eigenvalue weighted by molar-refractivity contribution is 0.300. The molecule has 0 saturated carbocycles. The van der Waals surface area contributed by atoms with E-state index in [9.17, 15) is 4.39 Å². The van der Waals surface area contributed by atoms with Crippen LogP contribution in [0.3, 0.4) is 0 Å². The molecule has 5 aromatic rings. The molecule has 7 rings (SSSR count). The first-order valence-corrected chi connectivity index (χ1v) is 14.2. The fraction of sp³-hybridized carbons (Fsp3) is 0.162. The van der Waals surface area contributed by atoms with Crippen LogP contribution in [0.2, 0.25) is 0 Å². The lowest BCUT2D eigenvalue weighted by Gasteiger charge is -2.37. The monoisotopic (exact) mass is 538 g/mol. The van der Waals surface area contributed by atoms with Gasteiger partial charge in [-0.25, -0.2) is 4.39 Å². The van der Waals surface area contributed by atoms with Gasteiger partial charge < -0.3 is 10.1 Å². The summed E-state index contributed by atoms with van der Waals surface area (Å²) in [4.78, 5) is 4.85. The van der Waals surface area contributed by atoms with Crippen molar-refractivity contribution in [3.8, 4) is 5.75 Å². The molecule has 0 saturated heterocycles. The number of allylic oxidation sites excluding steroid dienone is 2. The summed E-state index contributed by atoms with van der Waals surface area (Å²) < 4.78 is 20.4. The van der Waals surface area contributed by atoms with Crippen molar-refractivity contribution in [3.05, 3.63) is 149 Å². The van der Waals surface area contributed by atoms with Gasteiger partial charge in [-0.15, -0.1) is 0 Å². The van der Waals surface area contributed by atoms with Crippen LogP contribution in [0.4, 0.5) is 15.8 Å². The molecule has 2 aliphatic rings. The number of nitrogens with zero attached hydrogens (tertiary/aromatic N) is 1. The van der Waals surface area contributed by atoms with Gasteiger partial charge in [-0.3, -0.25) is 4.99 Å². The van der Waals surface area contributed by atoms with Crippen LogP contribution in [-0.2, 0) is 6.61 Å². The normalized spacial score (nSPS) is 19.2. The molecule has 0 unspecified atom stereocenters. The van der Waals surface area contributed by atoms with E-state index in [0.717, 1.165) is 28.4 Å². The number of benzene rings is 5. The van der Waals surface area contributed by atoms with Crippen LogP contribution in [0.15, 0.2) is 120 Å². The van der Waals surface area contributed by atoms with Crippen LogP contribution in [0.1, 0.15) is 46.2 Å². The molecule has 0 spiro atoms. The van der Waals surface area contributed by atoms with Crippen LogP contribution >= 0.6 is 0 Å². The van der Waals surface area contributed by atoms with Crippen LogP contribution in [-0.4, -0.2) is 6.21 Å². The van der Waals surface area contributed by atoms with E-state index >= 15 is 0 Å². The van der Waals surface area contributed by atoms with E-state index < -0.39 is 0 Å². The zero-order valence-electron chi connectivity index (χ0n) is 22.9. The third kappa shape index (κ3) is 4.91. The second-order valence-corrected chi connectivity index (χ2v) is 11.0. The number of nitrogens with one attached hydrogen (secondary N) is 1. The van der Waals surface area contributed by atoms with Crippen molar-refractivity contribution in [1.82, 2.24) is 0 Å². The standard InChI is InChI=1S/C37H31FN2O/c1-24-13-19-35-32(21-24)30-10-6-11-31(30)37(40-35)26-14-17-28(18-15-26)39-22-33-29-9-4-2-7-25(29)16-20-36(33)41-23-27-8-3-5-12-34(27)38/h2-10,12-22,30-31,37,40H,11,23H2,1H3/t30-,31-,37-/m1/s1. The molecule has 41 heavy (non-hydrogen) atoms. The van der Waals surface area contributed by atoms with Crippen LogP contribution < -0.4 is 10.1 Å². The zero-order valence-corrected chi connectivity index (χ0v) is 22.9. The van der Waals surface area contributed by atoms with E-state index in [1.54, 1.807) is 12.1 Å². The summed E-state index contributed by atoms with van der Waals surface area (Å²) in [6.07, 6.45) is 7.65. The average Bonchev–Trinajstić information content (AvgIpc) is 3.50. The van der Waals surface area contributed by atoms with Crippen LogP contribution in [0, 0.1) is 18.7 Å². The summed E-state index contributed by atoms with van der Waals surface area (Å²) in [5.74, 6) is 1.35. The molecule has 1 aliphatic carbocycles. The van der Waals surface area contributed by atoms with Gasteiger partial charge in [0, 0.05) is 28.9 Å². The Kier molecular flexibility index (Phi) is 6.60. The molecule has 4 heteroatoms. The fourth-order valence-electron chi connectivity index (χ4n) is 6.26. The number of halogens is 1. The Morgan fingerprint density at radius 2 is 1.76 bits per heavy atom. The van der Waals surface area contributed by atoms with Crippen molar-refractivity contribution in [1.29, 1.82) is 0 Å². The molecule has 0 amide bonds. The van der Waals surface area contributed by atoms with Gasteiger partial charge in [-0.1, -0.05) is 90.5 Å². The highest BCUT2D eigenvalue weighted by molar-refractivity contribution is 6.03. The number of aliphatic imine (C=N–C) groups is 1. The predicted octanol–water partition coefficient (Wildman–Crippen LogP) is 9.44. The van der Waals surface area contributed by atoms with E-state index in [-0.39, 0.29) is 18.5 Å². The Balaban J connectivity index is 1.16. The third-order valence-corrected chi connectivity index (χ3v) is 8.38. The molecule has 0 bridgehead atoms. The number of ether oxygens (including phenoxy) is 1. The van der Waals surface area contributed by atoms with Gasteiger partial charge in [0.1, 0.15) is 18.2 Å². The molecular formula is C37H31FN2O. The molecule has 0 fully saturated rings. The Labute approximate surface area is 240 Å². The van der Waals surface area contributed by atoms with Gasteiger partial charge in [0.25, 0.3) is 0 Å². The second kappa shape index (κ2) is 10.7. The minimum absolute atomic E-state index is 0.147. The van der Waals surface area contributed by atoms with E-state index in [4.69, 9.17) is 9.73 Å². The smallest absolute Gasteiger partial charge is 0.129 e. The van der Waals surface area contributed by atoms with Crippen LogP contribution in [0.5, 0.6) is 5.75 Å². The average molecular weight is 539 g/mol. The molecule has 1 aliphatic heterocycles. The number of aryl methyl sites for hydroxylation is 1. The number of hydrogen-bond acceptors (Lipinski definition) is 3. The Bertz CT molecular complexity index is 1790. The Morgan fingerprint density at radius 3 is 2.63 bits per heavy atom. The van der Waals surface area contributed by atoms with Crippen molar-refractivity contribution in [2.75, 3.05) is 5.32 Å². The largest absolute Gasteiger partial charge is 0.488 e. The Morgan fingerprint density at radius 1 is 0.927 bits per heavy atom. The Hall–Kier alpha value is -4.70. The number of anilines is 1. The number of fused-ring (bicyclic) bond motifs is 4. The minimum atomic E-state index is -0.269. The number of hydrogen-bond donors (Lipinski definition) is 1. The fourth-order valence-corrected chi connectivity index (χ4v) is 6.26. The molecule has 0 aromatic heterocycles. The van der Waals surface area contributed by atoms with Crippen LogP contribution in [0.25, 0.3) is 10.8 Å². The lowest BCUT2D eigenvalue weighted by Crippen LogP contribution is -2.29. The van der Waals surface area contributed by atoms with Gasteiger partial charge >= 0.3 is 0 Å². The van der Waals surface area contributed by atoms with Gasteiger partial charge in [0.2, 0.25) is 0 Å². The molecular weight excluding hydrogens is 507 g/mol. The highest BCUT2D eigenvalue weighted by Crippen LogP contribution is 2.50. The first kappa shape index (κ1) is 25.3.